The summed E-state index contributed by atoms with van der Waals surface area (Å²) >= 11 is 0. The number of aliphatic imine (C=N–C) groups is 1. The van der Waals surface area contributed by atoms with E-state index in [1.54, 1.807) is 0 Å². The molecule has 3 N–H and O–H groups in total. The number of hydrogen-bond donors (Lipinski definition) is 2. The number of nitrogens with two attached hydrogens (primary N) is 1. The van der Waals surface area contributed by atoms with Crippen LogP contribution in [0.5, 0.6) is 0 Å². The van der Waals surface area contributed by atoms with E-state index < -0.39 is 0 Å². The quantitative estimate of drug-likeness (QED) is 0.436. The third-order valence-electron chi connectivity index (χ3n) is 3.47. The Kier molecular flexibility index (Phi) is 7.47. The molecule has 0 amide bonds. The summed E-state index contributed by atoms with van der Waals surface area (Å²) in [5.74, 6) is 1.28. The van der Waals surface area contributed by atoms with Gasteiger partial charge in [0.25, 0.3) is 0 Å². The maximum absolute atomic E-state index is 5.85. The van der Waals surface area contributed by atoms with E-state index in [9.17, 15) is 0 Å². The minimum Gasteiger partial charge on any atom is -0.370 e. The van der Waals surface area contributed by atoms with Gasteiger partial charge in [-0.2, -0.15) is 5.10 Å². The van der Waals surface area contributed by atoms with E-state index >= 15 is 0 Å². The number of guanidine groups is 1. The summed E-state index contributed by atoms with van der Waals surface area (Å²) in [7, 11) is 0. The average molecular weight is 428 g/mol. The molecule has 7 heteroatoms. The molecular formula is C16H25IN6. The third-order valence-corrected chi connectivity index (χ3v) is 3.47. The highest BCUT2D eigenvalue weighted by Crippen LogP contribution is 2.10. The molecule has 2 rings (SSSR count). The monoisotopic (exact) mass is 428 g/mol. The van der Waals surface area contributed by atoms with Crippen molar-refractivity contribution in [2.45, 2.75) is 46.7 Å². The van der Waals surface area contributed by atoms with Crippen LogP contribution in [0.3, 0.4) is 0 Å². The fourth-order valence-electron chi connectivity index (χ4n) is 2.07. The molecular weight excluding hydrogens is 403 g/mol. The molecule has 0 radical (unpaired) electrons. The van der Waals surface area contributed by atoms with Crippen LogP contribution in [0.15, 0.2) is 29.4 Å². The van der Waals surface area contributed by atoms with Crippen LogP contribution in [0.25, 0.3) is 5.82 Å². The van der Waals surface area contributed by atoms with Crippen LogP contribution < -0.4 is 11.1 Å². The summed E-state index contributed by atoms with van der Waals surface area (Å²) < 4.78 is 1.83. The first-order valence-corrected chi connectivity index (χ1v) is 7.54. The second-order valence-corrected chi connectivity index (χ2v) is 5.52. The predicted octanol–water partition coefficient (Wildman–Crippen LogP) is 2.70. The molecule has 1 atom stereocenters. The highest BCUT2D eigenvalue weighted by atomic mass is 127. The third kappa shape index (κ3) is 5.49. The molecule has 0 saturated carbocycles. The van der Waals surface area contributed by atoms with Gasteiger partial charge in [0.1, 0.15) is 0 Å². The van der Waals surface area contributed by atoms with Crippen LogP contribution in [0, 0.1) is 13.8 Å². The molecule has 23 heavy (non-hydrogen) atoms. The maximum Gasteiger partial charge on any atom is 0.189 e. The molecule has 2 aromatic rings. The lowest BCUT2D eigenvalue weighted by molar-refractivity contribution is 0.636. The van der Waals surface area contributed by atoms with E-state index in [1.807, 2.05) is 42.9 Å². The van der Waals surface area contributed by atoms with E-state index in [2.05, 4.69) is 34.2 Å². The van der Waals surface area contributed by atoms with Gasteiger partial charge in [-0.25, -0.2) is 14.7 Å². The average Bonchev–Trinajstić information content (AvgIpc) is 2.84. The molecule has 0 bridgehead atoms. The lowest BCUT2D eigenvalue weighted by atomic mass is 10.2. The summed E-state index contributed by atoms with van der Waals surface area (Å²) in [5, 5.41) is 7.56. The number of aryl methyl sites for hydroxylation is 2. The van der Waals surface area contributed by atoms with Crippen molar-refractivity contribution in [3.8, 4) is 5.82 Å². The van der Waals surface area contributed by atoms with Gasteiger partial charge < -0.3 is 11.1 Å². The van der Waals surface area contributed by atoms with Crippen molar-refractivity contribution in [2.24, 2.45) is 10.7 Å². The topological polar surface area (TPSA) is 81.1 Å². The second kappa shape index (κ2) is 8.85. The Hall–Kier alpha value is -1.64. The molecule has 0 aromatic carbocycles. The largest absolute Gasteiger partial charge is 0.370 e. The molecule has 126 valence electrons. The first kappa shape index (κ1) is 19.4. The summed E-state index contributed by atoms with van der Waals surface area (Å²) in [6.07, 6.45) is 2.82. The van der Waals surface area contributed by atoms with E-state index in [1.165, 1.54) is 0 Å². The first-order valence-electron chi connectivity index (χ1n) is 7.54. The standard InChI is InChI=1S/C16H24N6.HI/c1-5-11(2)20-16(17)19-10-14-6-7-15(18-9-14)22-13(4)8-12(3)21-22;/h6-9,11H,5,10H2,1-4H3,(H3,17,19,20);1H. The van der Waals surface area contributed by atoms with Gasteiger partial charge in [-0.1, -0.05) is 13.0 Å². The fraction of sp³-hybridized carbons (Fsp3) is 0.438. The van der Waals surface area contributed by atoms with Crippen molar-refractivity contribution in [3.63, 3.8) is 0 Å². The lowest BCUT2D eigenvalue weighted by Crippen LogP contribution is -2.38. The Morgan fingerprint density at radius 3 is 2.65 bits per heavy atom. The Labute approximate surface area is 154 Å². The number of aromatic nitrogens is 3. The van der Waals surface area contributed by atoms with E-state index in [0.29, 0.717) is 18.5 Å². The smallest absolute Gasteiger partial charge is 0.189 e. The van der Waals surface area contributed by atoms with Gasteiger partial charge >= 0.3 is 0 Å². The van der Waals surface area contributed by atoms with Crippen LogP contribution in [-0.2, 0) is 6.54 Å². The zero-order chi connectivity index (χ0) is 16.1. The minimum absolute atomic E-state index is 0. The predicted molar refractivity (Wildman–Crippen MR) is 104 cm³/mol. The molecule has 0 spiro atoms. The summed E-state index contributed by atoms with van der Waals surface area (Å²) in [5.41, 5.74) is 8.91. The molecule has 2 heterocycles. The zero-order valence-electron chi connectivity index (χ0n) is 14.1. The Morgan fingerprint density at radius 2 is 2.13 bits per heavy atom. The van der Waals surface area contributed by atoms with Crippen molar-refractivity contribution in [2.75, 3.05) is 0 Å². The molecule has 0 aliphatic rings. The van der Waals surface area contributed by atoms with Crippen LogP contribution in [0.2, 0.25) is 0 Å². The Bertz CT molecular complexity index is 647. The van der Waals surface area contributed by atoms with E-state index in [-0.39, 0.29) is 24.0 Å². The number of nitrogens with zero attached hydrogens (tertiary/aromatic N) is 4. The second-order valence-electron chi connectivity index (χ2n) is 5.52. The van der Waals surface area contributed by atoms with Gasteiger partial charge in [0.2, 0.25) is 0 Å². The van der Waals surface area contributed by atoms with Crippen molar-refractivity contribution < 1.29 is 0 Å². The fourth-order valence-corrected chi connectivity index (χ4v) is 2.07. The van der Waals surface area contributed by atoms with E-state index in [0.717, 1.165) is 29.2 Å². The van der Waals surface area contributed by atoms with Gasteiger partial charge in [-0.3, -0.25) is 0 Å². The van der Waals surface area contributed by atoms with Crippen molar-refractivity contribution >= 4 is 29.9 Å². The van der Waals surface area contributed by atoms with Gasteiger partial charge in [0.15, 0.2) is 11.8 Å². The van der Waals surface area contributed by atoms with Gasteiger partial charge in [0.05, 0.1) is 12.2 Å². The van der Waals surface area contributed by atoms with Crippen LogP contribution >= 0.6 is 24.0 Å². The number of halogens is 1. The molecule has 1 unspecified atom stereocenters. The van der Waals surface area contributed by atoms with Crippen LogP contribution in [0.4, 0.5) is 0 Å². The van der Waals surface area contributed by atoms with E-state index in [4.69, 9.17) is 5.73 Å². The van der Waals surface area contributed by atoms with Crippen LogP contribution in [-0.4, -0.2) is 26.8 Å². The highest BCUT2D eigenvalue weighted by Gasteiger charge is 2.05. The number of pyridine rings is 1. The number of rotatable bonds is 5. The van der Waals surface area contributed by atoms with Crippen LogP contribution in [0.1, 0.15) is 37.2 Å². The number of hydrogen-bond acceptors (Lipinski definition) is 3. The van der Waals surface area contributed by atoms with Crippen molar-refractivity contribution in [3.05, 3.63) is 41.3 Å². The molecule has 0 fully saturated rings. The highest BCUT2D eigenvalue weighted by molar-refractivity contribution is 14.0. The minimum atomic E-state index is 0. The van der Waals surface area contributed by atoms with Crippen molar-refractivity contribution in [1.29, 1.82) is 0 Å². The maximum atomic E-state index is 5.85. The number of nitrogens with one attached hydrogen (secondary N) is 1. The van der Waals surface area contributed by atoms with Gasteiger partial charge in [-0.05, 0) is 44.9 Å². The Balaban J connectivity index is 0.00000264. The zero-order valence-corrected chi connectivity index (χ0v) is 16.4. The van der Waals surface area contributed by atoms with Gasteiger partial charge in [-0.15, -0.1) is 24.0 Å². The first-order chi connectivity index (χ1) is 10.5. The SMILES string of the molecule is CCC(C)NC(N)=NCc1ccc(-n2nc(C)cc2C)nc1.I. The summed E-state index contributed by atoms with van der Waals surface area (Å²) in [6, 6.07) is 6.30. The normalized spacial score (nSPS) is 12.6. The van der Waals surface area contributed by atoms with Gasteiger partial charge in [0, 0.05) is 17.9 Å². The van der Waals surface area contributed by atoms with Crippen molar-refractivity contribution in [1.82, 2.24) is 20.1 Å². The molecule has 0 aliphatic heterocycles. The summed E-state index contributed by atoms with van der Waals surface area (Å²) in [4.78, 5) is 8.78. The summed E-state index contributed by atoms with van der Waals surface area (Å²) in [6.45, 7) is 8.68. The molecule has 0 aliphatic carbocycles. The lowest BCUT2D eigenvalue weighted by Gasteiger charge is -2.11. The molecule has 6 nitrogen and oxygen atoms in total. The molecule has 0 saturated heterocycles. The molecule has 2 aromatic heterocycles. The Morgan fingerprint density at radius 1 is 1.39 bits per heavy atom.